The molecule has 0 aliphatic carbocycles. The van der Waals surface area contributed by atoms with Crippen molar-refractivity contribution in [2.24, 2.45) is 0 Å². The molecule has 7 rings (SSSR count). The summed E-state index contributed by atoms with van der Waals surface area (Å²) in [6.07, 6.45) is 0. The SMILES string of the molecule is O=c1c2ccccc2nc2sc3cc(-c4nc(-c5ccccc5)nc(-c5ccccc5)n4)ccc3n12. The molecule has 0 saturated carbocycles. The monoisotopic (exact) mass is 483 g/mol. The molecule has 36 heavy (non-hydrogen) atoms. The maximum Gasteiger partial charge on any atom is 0.266 e. The fourth-order valence-corrected chi connectivity index (χ4v) is 5.41. The molecule has 0 N–H and O–H groups in total. The zero-order chi connectivity index (χ0) is 24.1. The summed E-state index contributed by atoms with van der Waals surface area (Å²) in [6.45, 7) is 0. The van der Waals surface area contributed by atoms with Crippen molar-refractivity contribution in [2.45, 2.75) is 0 Å². The topological polar surface area (TPSA) is 73.0 Å². The second kappa shape index (κ2) is 8.18. The molecular weight excluding hydrogens is 466 g/mol. The van der Waals surface area contributed by atoms with Crippen LogP contribution in [0.3, 0.4) is 0 Å². The maximum atomic E-state index is 13.2. The second-order valence-electron chi connectivity index (χ2n) is 8.37. The number of fused-ring (bicyclic) bond motifs is 4. The first kappa shape index (κ1) is 20.6. The molecule has 0 radical (unpaired) electrons. The molecule has 0 spiro atoms. The fraction of sp³-hybridized carbons (Fsp3) is 0. The highest BCUT2D eigenvalue weighted by Gasteiger charge is 2.15. The van der Waals surface area contributed by atoms with E-state index >= 15 is 0 Å². The van der Waals surface area contributed by atoms with E-state index in [9.17, 15) is 4.79 Å². The first-order chi connectivity index (χ1) is 17.7. The summed E-state index contributed by atoms with van der Waals surface area (Å²) in [4.78, 5) is 33.0. The zero-order valence-corrected chi connectivity index (χ0v) is 19.7. The third-order valence-corrected chi connectivity index (χ3v) is 7.11. The van der Waals surface area contributed by atoms with E-state index in [2.05, 4.69) is 0 Å². The van der Waals surface area contributed by atoms with Gasteiger partial charge in [-0.2, -0.15) is 0 Å². The van der Waals surface area contributed by atoms with E-state index in [0.717, 1.165) is 26.9 Å². The third-order valence-electron chi connectivity index (χ3n) is 6.10. The van der Waals surface area contributed by atoms with Crippen LogP contribution in [0.2, 0.25) is 0 Å². The number of rotatable bonds is 3. The number of hydrogen-bond acceptors (Lipinski definition) is 6. The fourth-order valence-electron chi connectivity index (χ4n) is 4.35. The lowest BCUT2D eigenvalue weighted by atomic mass is 10.1. The van der Waals surface area contributed by atoms with E-state index in [1.807, 2.05) is 103 Å². The number of hydrogen-bond donors (Lipinski definition) is 0. The van der Waals surface area contributed by atoms with Crippen LogP contribution in [0.4, 0.5) is 0 Å². The van der Waals surface area contributed by atoms with Gasteiger partial charge in [0.15, 0.2) is 22.4 Å². The first-order valence-corrected chi connectivity index (χ1v) is 12.3. The molecule has 3 heterocycles. The van der Waals surface area contributed by atoms with Gasteiger partial charge in [0.2, 0.25) is 0 Å². The average molecular weight is 484 g/mol. The van der Waals surface area contributed by atoms with Crippen LogP contribution < -0.4 is 5.56 Å². The lowest BCUT2D eigenvalue weighted by Gasteiger charge is -2.08. The quantitative estimate of drug-likeness (QED) is 0.297. The molecule has 7 heteroatoms. The van der Waals surface area contributed by atoms with Crippen LogP contribution in [0.1, 0.15) is 0 Å². The Morgan fingerprint density at radius 2 is 1.17 bits per heavy atom. The molecule has 0 unspecified atom stereocenters. The molecular formula is C29H17N5OS. The molecule has 6 nitrogen and oxygen atoms in total. The predicted octanol–water partition coefficient (Wildman–Crippen LogP) is 6.25. The van der Waals surface area contributed by atoms with Gasteiger partial charge in [0.05, 0.1) is 21.1 Å². The van der Waals surface area contributed by atoms with Crippen LogP contribution in [-0.2, 0) is 0 Å². The molecule has 170 valence electrons. The predicted molar refractivity (Wildman–Crippen MR) is 144 cm³/mol. The van der Waals surface area contributed by atoms with Crippen LogP contribution >= 0.6 is 11.3 Å². The van der Waals surface area contributed by atoms with Crippen LogP contribution in [0, 0.1) is 0 Å². The van der Waals surface area contributed by atoms with Gasteiger partial charge >= 0.3 is 0 Å². The van der Waals surface area contributed by atoms with E-state index in [-0.39, 0.29) is 5.56 Å². The first-order valence-electron chi connectivity index (χ1n) is 11.5. The summed E-state index contributed by atoms with van der Waals surface area (Å²) < 4.78 is 2.62. The molecule has 0 atom stereocenters. The van der Waals surface area contributed by atoms with Gasteiger partial charge in [0, 0.05) is 16.7 Å². The van der Waals surface area contributed by atoms with Crippen molar-refractivity contribution in [3.8, 4) is 34.2 Å². The third kappa shape index (κ3) is 3.37. The summed E-state index contributed by atoms with van der Waals surface area (Å²) in [7, 11) is 0. The minimum Gasteiger partial charge on any atom is -0.268 e. The van der Waals surface area contributed by atoms with Crippen LogP contribution in [-0.4, -0.2) is 24.3 Å². The Balaban J connectivity index is 1.45. The summed E-state index contributed by atoms with van der Waals surface area (Å²) in [5, 5.41) is 0.608. The van der Waals surface area contributed by atoms with Crippen molar-refractivity contribution in [3.05, 3.63) is 113 Å². The van der Waals surface area contributed by atoms with Gasteiger partial charge in [-0.05, 0) is 30.3 Å². The number of nitrogens with zero attached hydrogens (tertiary/aromatic N) is 5. The Hall–Kier alpha value is -4.75. The van der Waals surface area contributed by atoms with Crippen molar-refractivity contribution in [3.63, 3.8) is 0 Å². The molecule has 0 fully saturated rings. The largest absolute Gasteiger partial charge is 0.268 e. The number of thiazole rings is 1. The Kier molecular flexibility index (Phi) is 4.68. The number of aromatic nitrogens is 5. The van der Waals surface area contributed by atoms with Gasteiger partial charge in [-0.1, -0.05) is 84.1 Å². The number of para-hydroxylation sites is 1. The smallest absolute Gasteiger partial charge is 0.266 e. The minimum absolute atomic E-state index is 0.0625. The molecule has 3 aromatic heterocycles. The highest BCUT2D eigenvalue weighted by Crippen LogP contribution is 2.30. The Bertz CT molecular complexity index is 1910. The summed E-state index contributed by atoms with van der Waals surface area (Å²) in [6, 6.07) is 33.2. The zero-order valence-electron chi connectivity index (χ0n) is 18.9. The summed E-state index contributed by atoms with van der Waals surface area (Å²) >= 11 is 1.48. The van der Waals surface area contributed by atoms with Crippen LogP contribution in [0.15, 0.2) is 108 Å². The highest BCUT2D eigenvalue weighted by atomic mass is 32.1. The van der Waals surface area contributed by atoms with Gasteiger partial charge in [0.1, 0.15) is 0 Å². The lowest BCUT2D eigenvalue weighted by Crippen LogP contribution is -2.13. The minimum atomic E-state index is -0.0625. The Labute approximate surface area is 209 Å². The molecule has 0 amide bonds. The van der Waals surface area contributed by atoms with Crippen molar-refractivity contribution in [2.75, 3.05) is 0 Å². The van der Waals surface area contributed by atoms with Crippen LogP contribution in [0.25, 0.3) is 60.2 Å². The van der Waals surface area contributed by atoms with Gasteiger partial charge < -0.3 is 0 Å². The van der Waals surface area contributed by atoms with E-state index < -0.39 is 0 Å². The van der Waals surface area contributed by atoms with Crippen molar-refractivity contribution in [1.82, 2.24) is 24.3 Å². The van der Waals surface area contributed by atoms with Crippen molar-refractivity contribution in [1.29, 1.82) is 0 Å². The van der Waals surface area contributed by atoms with Gasteiger partial charge in [0.25, 0.3) is 5.56 Å². The molecule has 0 bridgehead atoms. The standard InChI is InChI=1S/C29H17N5OS/c35-28-21-13-7-8-14-22(21)30-29-34(28)23-16-15-20(17-24(23)36-29)27-32-25(18-9-3-1-4-10-18)31-26(33-27)19-11-5-2-6-12-19/h1-17H. The average Bonchev–Trinajstić information content (AvgIpc) is 3.31. The van der Waals surface area contributed by atoms with E-state index in [4.69, 9.17) is 19.9 Å². The molecule has 7 aromatic rings. The maximum absolute atomic E-state index is 13.2. The van der Waals surface area contributed by atoms with Crippen molar-refractivity contribution >= 4 is 37.4 Å². The Morgan fingerprint density at radius 3 is 1.83 bits per heavy atom. The molecule has 0 aliphatic rings. The second-order valence-corrected chi connectivity index (χ2v) is 9.38. The van der Waals surface area contributed by atoms with Crippen LogP contribution in [0.5, 0.6) is 0 Å². The van der Waals surface area contributed by atoms with Gasteiger partial charge in [-0.25, -0.2) is 19.9 Å². The summed E-state index contributed by atoms with van der Waals surface area (Å²) in [5.74, 6) is 1.80. The van der Waals surface area contributed by atoms with Gasteiger partial charge in [-0.15, -0.1) is 0 Å². The van der Waals surface area contributed by atoms with E-state index in [1.165, 1.54) is 11.3 Å². The van der Waals surface area contributed by atoms with E-state index in [1.54, 1.807) is 4.40 Å². The highest BCUT2D eigenvalue weighted by molar-refractivity contribution is 7.23. The summed E-state index contributed by atoms with van der Waals surface area (Å²) in [5.41, 5.74) is 4.15. The molecule has 0 saturated heterocycles. The molecule has 0 aliphatic heterocycles. The van der Waals surface area contributed by atoms with Gasteiger partial charge in [-0.3, -0.25) is 9.20 Å². The van der Waals surface area contributed by atoms with E-state index in [0.29, 0.717) is 33.3 Å². The Morgan fingerprint density at radius 1 is 0.583 bits per heavy atom. The number of benzene rings is 4. The normalized spacial score (nSPS) is 11.4. The van der Waals surface area contributed by atoms with Crippen molar-refractivity contribution < 1.29 is 0 Å². The molecule has 4 aromatic carbocycles. The lowest BCUT2D eigenvalue weighted by molar-refractivity contribution is 1.07.